The first-order chi connectivity index (χ1) is 17.4. The standard InChI is InChI=1S/C28H24BrN5O2/c1-18-13-31(17-30-18)24-10-11-25-28(36)32(19(2)14-34(25)27(24)35)15-20-16-33(22-6-4-3-5-7-22)26-12-21(29)8-9-23(20)26/h3-13,16-17,19H,14-15H2,1-2H3/t19-/m1/s1. The number of pyridine rings is 1. The number of aromatic nitrogens is 4. The van der Waals surface area contributed by atoms with E-state index in [2.05, 4.69) is 55.9 Å². The summed E-state index contributed by atoms with van der Waals surface area (Å²) in [6.07, 6.45) is 5.55. The largest absolute Gasteiger partial charge is 0.328 e. The van der Waals surface area contributed by atoms with E-state index in [1.54, 1.807) is 27.6 Å². The summed E-state index contributed by atoms with van der Waals surface area (Å²) in [4.78, 5) is 33.0. The van der Waals surface area contributed by atoms with Crippen molar-refractivity contribution in [2.45, 2.75) is 33.0 Å². The van der Waals surface area contributed by atoms with Gasteiger partial charge in [-0.2, -0.15) is 0 Å². The lowest BCUT2D eigenvalue weighted by atomic mass is 10.1. The molecule has 0 bridgehead atoms. The van der Waals surface area contributed by atoms with Gasteiger partial charge >= 0.3 is 0 Å². The van der Waals surface area contributed by atoms with E-state index in [0.29, 0.717) is 24.5 Å². The zero-order chi connectivity index (χ0) is 25.0. The van der Waals surface area contributed by atoms with Gasteiger partial charge < -0.3 is 18.6 Å². The second kappa shape index (κ2) is 8.64. The fraction of sp³-hybridized carbons (Fsp3) is 0.179. The Labute approximate surface area is 216 Å². The molecular formula is C28H24BrN5O2. The van der Waals surface area contributed by atoms with Gasteiger partial charge in [-0.25, -0.2) is 4.98 Å². The average Bonchev–Trinajstić information content (AvgIpc) is 3.46. The molecular weight excluding hydrogens is 518 g/mol. The Morgan fingerprint density at radius 3 is 2.58 bits per heavy atom. The molecule has 0 aliphatic carbocycles. The molecule has 6 rings (SSSR count). The lowest BCUT2D eigenvalue weighted by Crippen LogP contribution is -2.49. The van der Waals surface area contributed by atoms with Gasteiger partial charge in [-0.15, -0.1) is 0 Å². The number of fused-ring (bicyclic) bond motifs is 2. The Kier molecular flexibility index (Phi) is 5.41. The van der Waals surface area contributed by atoms with Crippen molar-refractivity contribution in [1.29, 1.82) is 0 Å². The van der Waals surface area contributed by atoms with Crippen molar-refractivity contribution in [2.24, 2.45) is 0 Å². The number of para-hydroxylation sites is 1. The number of amides is 1. The normalized spacial score (nSPS) is 15.5. The van der Waals surface area contributed by atoms with Crippen molar-refractivity contribution < 1.29 is 4.79 Å². The Balaban J connectivity index is 1.39. The lowest BCUT2D eigenvalue weighted by Gasteiger charge is -2.35. The van der Waals surface area contributed by atoms with Crippen molar-refractivity contribution in [3.05, 3.63) is 111 Å². The molecule has 0 saturated heterocycles. The van der Waals surface area contributed by atoms with Gasteiger partial charge in [-0.05, 0) is 55.8 Å². The van der Waals surface area contributed by atoms with Crippen LogP contribution in [0.5, 0.6) is 0 Å². The fourth-order valence-electron chi connectivity index (χ4n) is 5.00. The van der Waals surface area contributed by atoms with Crippen LogP contribution in [0, 0.1) is 6.92 Å². The third-order valence-electron chi connectivity index (χ3n) is 6.83. The molecule has 2 aromatic carbocycles. The van der Waals surface area contributed by atoms with Crippen LogP contribution < -0.4 is 5.56 Å². The number of rotatable bonds is 4. The number of hydrogen-bond acceptors (Lipinski definition) is 3. The minimum Gasteiger partial charge on any atom is -0.328 e. The van der Waals surface area contributed by atoms with E-state index in [-0.39, 0.29) is 17.5 Å². The van der Waals surface area contributed by atoms with Gasteiger partial charge in [0.25, 0.3) is 11.5 Å². The van der Waals surface area contributed by atoms with Crippen molar-refractivity contribution in [2.75, 3.05) is 0 Å². The van der Waals surface area contributed by atoms with Crippen LogP contribution in [-0.2, 0) is 13.1 Å². The highest BCUT2D eigenvalue weighted by Crippen LogP contribution is 2.30. The van der Waals surface area contributed by atoms with Gasteiger partial charge in [0.05, 0.1) is 17.5 Å². The number of carbonyl (C=O) groups excluding carboxylic acids is 1. The molecule has 1 aliphatic rings. The third-order valence-corrected chi connectivity index (χ3v) is 7.32. The maximum absolute atomic E-state index is 13.6. The Morgan fingerprint density at radius 1 is 1.03 bits per heavy atom. The van der Waals surface area contributed by atoms with Crippen LogP contribution >= 0.6 is 15.9 Å². The highest BCUT2D eigenvalue weighted by Gasteiger charge is 2.32. The van der Waals surface area contributed by atoms with Crippen LogP contribution in [0.25, 0.3) is 22.3 Å². The maximum Gasteiger partial charge on any atom is 0.275 e. The molecule has 0 saturated carbocycles. The molecule has 8 heteroatoms. The van der Waals surface area contributed by atoms with Gasteiger partial charge in [-0.3, -0.25) is 9.59 Å². The summed E-state index contributed by atoms with van der Waals surface area (Å²) in [6.45, 7) is 4.76. The van der Waals surface area contributed by atoms with Crippen LogP contribution in [0.1, 0.15) is 28.7 Å². The number of halogens is 1. The first kappa shape index (κ1) is 22.5. The number of carbonyl (C=O) groups is 1. The molecule has 1 aliphatic heterocycles. The van der Waals surface area contributed by atoms with Crippen molar-refractivity contribution in [1.82, 2.24) is 23.6 Å². The number of nitrogens with zero attached hydrogens (tertiary/aromatic N) is 5. The van der Waals surface area contributed by atoms with Crippen LogP contribution in [0.2, 0.25) is 0 Å². The Hall–Kier alpha value is -3.91. The van der Waals surface area contributed by atoms with E-state index in [0.717, 1.165) is 32.3 Å². The first-order valence-corrected chi connectivity index (χ1v) is 12.6. The van der Waals surface area contributed by atoms with E-state index in [1.165, 1.54) is 0 Å². The van der Waals surface area contributed by atoms with Gasteiger partial charge in [0.2, 0.25) is 0 Å². The monoisotopic (exact) mass is 541 g/mol. The second-order valence-electron chi connectivity index (χ2n) is 9.25. The van der Waals surface area contributed by atoms with E-state index >= 15 is 0 Å². The smallest absolute Gasteiger partial charge is 0.275 e. The van der Waals surface area contributed by atoms with E-state index in [4.69, 9.17) is 0 Å². The predicted octanol–water partition coefficient (Wildman–Crippen LogP) is 5.09. The molecule has 5 aromatic rings. The summed E-state index contributed by atoms with van der Waals surface area (Å²) >= 11 is 3.60. The summed E-state index contributed by atoms with van der Waals surface area (Å²) in [7, 11) is 0. The first-order valence-electron chi connectivity index (χ1n) is 11.8. The van der Waals surface area contributed by atoms with Gasteiger partial charge in [0.1, 0.15) is 11.4 Å². The minimum atomic E-state index is -0.185. The van der Waals surface area contributed by atoms with Crippen LogP contribution in [0.15, 0.2) is 88.7 Å². The highest BCUT2D eigenvalue weighted by molar-refractivity contribution is 9.10. The SMILES string of the molecule is Cc1cn(-c2ccc3n(c2=O)C[C@@H](C)N(Cc2cn(-c4ccccc4)c4cc(Br)ccc24)C3=O)cn1. The third kappa shape index (κ3) is 3.69. The number of aryl methyl sites for hydroxylation is 1. The van der Waals surface area contributed by atoms with Crippen LogP contribution in [0.4, 0.5) is 0 Å². The van der Waals surface area contributed by atoms with E-state index < -0.39 is 0 Å². The zero-order valence-corrected chi connectivity index (χ0v) is 21.5. The summed E-state index contributed by atoms with van der Waals surface area (Å²) in [5.41, 5.74) is 4.73. The number of benzene rings is 2. The average molecular weight is 542 g/mol. The maximum atomic E-state index is 13.6. The molecule has 4 heterocycles. The van der Waals surface area contributed by atoms with Crippen LogP contribution in [0.3, 0.4) is 0 Å². The van der Waals surface area contributed by atoms with Gasteiger partial charge in [0, 0.05) is 47.1 Å². The fourth-order valence-corrected chi connectivity index (χ4v) is 5.35. The Bertz CT molecular complexity index is 1680. The molecule has 7 nitrogen and oxygen atoms in total. The minimum absolute atomic E-state index is 0.142. The molecule has 36 heavy (non-hydrogen) atoms. The van der Waals surface area contributed by atoms with Crippen molar-refractivity contribution in [3.8, 4) is 11.4 Å². The lowest BCUT2D eigenvalue weighted by molar-refractivity contribution is 0.0591. The molecule has 1 atom stereocenters. The van der Waals surface area contributed by atoms with Crippen molar-refractivity contribution >= 4 is 32.7 Å². The van der Waals surface area contributed by atoms with E-state index in [9.17, 15) is 9.59 Å². The molecule has 0 spiro atoms. The molecule has 0 N–H and O–H groups in total. The van der Waals surface area contributed by atoms with Crippen LogP contribution in [-0.4, -0.2) is 35.5 Å². The Morgan fingerprint density at radius 2 is 1.83 bits per heavy atom. The topological polar surface area (TPSA) is 65.1 Å². The number of hydrogen-bond donors (Lipinski definition) is 0. The highest BCUT2D eigenvalue weighted by atomic mass is 79.9. The predicted molar refractivity (Wildman–Crippen MR) is 143 cm³/mol. The van der Waals surface area contributed by atoms with E-state index in [1.807, 2.05) is 49.2 Å². The second-order valence-corrected chi connectivity index (χ2v) is 10.2. The molecule has 0 fully saturated rings. The number of imidazole rings is 1. The van der Waals surface area contributed by atoms with Crippen molar-refractivity contribution in [3.63, 3.8) is 0 Å². The summed E-state index contributed by atoms with van der Waals surface area (Å²) in [5.74, 6) is -0.142. The molecule has 1 amide bonds. The summed E-state index contributed by atoms with van der Waals surface area (Å²) < 4.78 is 6.46. The summed E-state index contributed by atoms with van der Waals surface area (Å²) in [5, 5.41) is 1.09. The van der Waals surface area contributed by atoms with Gasteiger partial charge in [-0.1, -0.05) is 40.2 Å². The molecule has 0 radical (unpaired) electrons. The quantitative estimate of drug-likeness (QED) is 0.318. The van der Waals surface area contributed by atoms with Gasteiger partial charge in [0.15, 0.2) is 0 Å². The zero-order valence-electron chi connectivity index (χ0n) is 19.9. The summed E-state index contributed by atoms with van der Waals surface area (Å²) in [6, 6.07) is 19.7. The molecule has 0 unspecified atom stereocenters. The molecule has 180 valence electrons. The molecule has 3 aromatic heterocycles.